The van der Waals surface area contributed by atoms with E-state index in [4.69, 9.17) is 5.11 Å². The zero-order valence-electron chi connectivity index (χ0n) is 7.40. The van der Waals surface area contributed by atoms with Gasteiger partial charge in [0.2, 0.25) is 5.91 Å². The fourth-order valence-electron chi connectivity index (χ4n) is 1.04. The van der Waals surface area contributed by atoms with E-state index in [0.717, 1.165) is 17.1 Å². The summed E-state index contributed by atoms with van der Waals surface area (Å²) in [5.41, 5.74) is 0. The second-order valence-corrected chi connectivity index (χ2v) is 2.67. The van der Waals surface area contributed by atoms with Crippen molar-refractivity contribution in [2.75, 3.05) is 13.3 Å². The first-order valence-electron chi connectivity index (χ1n) is 4.06. The molecule has 1 aliphatic rings. The van der Waals surface area contributed by atoms with E-state index in [0.29, 0.717) is 0 Å². The van der Waals surface area contributed by atoms with Crippen LogP contribution in [0, 0.1) is 0 Å². The molecule has 6 heteroatoms. The Morgan fingerprint density at radius 2 is 1.93 bits per heavy atom. The topological polar surface area (TPSA) is 86.7 Å². The molecule has 0 radical (unpaired) electrons. The Morgan fingerprint density at radius 3 is 2.43 bits per heavy atom. The van der Waals surface area contributed by atoms with Gasteiger partial charge >= 0.3 is 0 Å². The third kappa shape index (κ3) is 2.40. The largest absolute Gasteiger partial charge is 0.377 e. The standard InChI is InChI=1S/C8H10N2O4/c11-5-9-6(12)3-4-10-7(13)1-2-8(10)14/h1-2,11H,3-5H2,(H,9,12). The van der Waals surface area contributed by atoms with E-state index in [1.165, 1.54) is 0 Å². The molecule has 76 valence electrons. The van der Waals surface area contributed by atoms with Crippen molar-refractivity contribution in [3.63, 3.8) is 0 Å². The van der Waals surface area contributed by atoms with Crippen molar-refractivity contribution in [3.05, 3.63) is 12.2 Å². The Hall–Kier alpha value is -1.69. The number of nitrogens with one attached hydrogen (secondary N) is 1. The molecule has 0 saturated carbocycles. The van der Waals surface area contributed by atoms with Crippen LogP contribution in [0.1, 0.15) is 6.42 Å². The van der Waals surface area contributed by atoms with Crippen LogP contribution in [0.3, 0.4) is 0 Å². The SMILES string of the molecule is O=C(CCN1C(=O)C=CC1=O)NCO. The van der Waals surface area contributed by atoms with Gasteiger partial charge in [-0.05, 0) is 0 Å². The van der Waals surface area contributed by atoms with E-state index in [9.17, 15) is 14.4 Å². The zero-order chi connectivity index (χ0) is 10.6. The first-order valence-corrected chi connectivity index (χ1v) is 4.06. The first kappa shape index (κ1) is 10.4. The molecule has 2 N–H and O–H groups in total. The van der Waals surface area contributed by atoms with Crippen molar-refractivity contribution in [2.24, 2.45) is 0 Å². The van der Waals surface area contributed by atoms with Gasteiger partial charge < -0.3 is 10.4 Å². The van der Waals surface area contributed by atoms with Crippen molar-refractivity contribution in [3.8, 4) is 0 Å². The van der Waals surface area contributed by atoms with Gasteiger partial charge in [0.15, 0.2) is 0 Å². The highest BCUT2D eigenvalue weighted by Crippen LogP contribution is 2.03. The van der Waals surface area contributed by atoms with E-state index in [1.807, 2.05) is 0 Å². The van der Waals surface area contributed by atoms with Gasteiger partial charge in [-0.15, -0.1) is 0 Å². The van der Waals surface area contributed by atoms with Gasteiger partial charge in [0.25, 0.3) is 11.8 Å². The summed E-state index contributed by atoms with van der Waals surface area (Å²) in [5, 5.41) is 10.5. The van der Waals surface area contributed by atoms with E-state index >= 15 is 0 Å². The summed E-state index contributed by atoms with van der Waals surface area (Å²) < 4.78 is 0. The molecule has 0 aromatic rings. The van der Waals surface area contributed by atoms with Crippen LogP contribution in [-0.2, 0) is 14.4 Å². The summed E-state index contributed by atoms with van der Waals surface area (Å²) in [5.74, 6) is -1.22. The lowest BCUT2D eigenvalue weighted by Crippen LogP contribution is -2.34. The van der Waals surface area contributed by atoms with Crippen LogP contribution in [0.5, 0.6) is 0 Å². The summed E-state index contributed by atoms with van der Waals surface area (Å²) >= 11 is 0. The molecule has 0 bridgehead atoms. The highest BCUT2D eigenvalue weighted by molar-refractivity contribution is 6.13. The van der Waals surface area contributed by atoms with E-state index in [2.05, 4.69) is 5.32 Å². The van der Waals surface area contributed by atoms with Crippen LogP contribution < -0.4 is 5.32 Å². The molecule has 0 aliphatic carbocycles. The van der Waals surface area contributed by atoms with Crippen LogP contribution in [0.2, 0.25) is 0 Å². The molecule has 0 saturated heterocycles. The second-order valence-electron chi connectivity index (χ2n) is 2.67. The molecule has 3 amide bonds. The summed E-state index contributed by atoms with van der Waals surface area (Å²) in [6.07, 6.45) is 2.32. The molecule has 1 rings (SSSR count). The maximum absolute atomic E-state index is 11.0. The second kappa shape index (κ2) is 4.52. The first-order chi connectivity index (χ1) is 6.65. The molecule has 0 aromatic carbocycles. The molecule has 14 heavy (non-hydrogen) atoms. The highest BCUT2D eigenvalue weighted by atomic mass is 16.3. The average molecular weight is 198 g/mol. The number of hydrogen-bond donors (Lipinski definition) is 2. The van der Waals surface area contributed by atoms with Gasteiger partial charge in [0.1, 0.15) is 6.73 Å². The number of carbonyl (C=O) groups excluding carboxylic acids is 3. The smallest absolute Gasteiger partial charge is 0.253 e. The van der Waals surface area contributed by atoms with Crippen molar-refractivity contribution in [1.29, 1.82) is 0 Å². The van der Waals surface area contributed by atoms with Gasteiger partial charge in [-0.2, -0.15) is 0 Å². The monoisotopic (exact) mass is 198 g/mol. The molecule has 1 heterocycles. The van der Waals surface area contributed by atoms with Crippen molar-refractivity contribution >= 4 is 17.7 Å². The molecular formula is C8H10N2O4. The Balaban J connectivity index is 2.35. The van der Waals surface area contributed by atoms with Crippen molar-refractivity contribution in [2.45, 2.75) is 6.42 Å². The lowest BCUT2D eigenvalue weighted by Gasteiger charge is -2.12. The van der Waals surface area contributed by atoms with Gasteiger partial charge in [-0.1, -0.05) is 0 Å². The van der Waals surface area contributed by atoms with E-state index < -0.39 is 24.5 Å². The summed E-state index contributed by atoms with van der Waals surface area (Å²) in [6.45, 7) is -0.407. The number of aliphatic hydroxyl groups excluding tert-OH is 1. The molecule has 0 fully saturated rings. The zero-order valence-corrected chi connectivity index (χ0v) is 7.40. The minimum absolute atomic E-state index is 0.000278. The lowest BCUT2D eigenvalue weighted by molar-refractivity contribution is -0.137. The summed E-state index contributed by atoms with van der Waals surface area (Å²) in [6, 6.07) is 0. The quantitative estimate of drug-likeness (QED) is 0.419. The predicted molar refractivity (Wildman–Crippen MR) is 45.7 cm³/mol. The predicted octanol–water partition coefficient (Wildman–Crippen LogP) is -1.63. The van der Waals surface area contributed by atoms with E-state index in [1.54, 1.807) is 0 Å². The summed E-state index contributed by atoms with van der Waals surface area (Å²) in [7, 11) is 0. The fourth-order valence-corrected chi connectivity index (χ4v) is 1.04. The fraction of sp³-hybridized carbons (Fsp3) is 0.375. The molecule has 0 spiro atoms. The molecule has 6 nitrogen and oxygen atoms in total. The number of nitrogens with zero attached hydrogens (tertiary/aromatic N) is 1. The highest BCUT2D eigenvalue weighted by Gasteiger charge is 2.23. The summed E-state index contributed by atoms with van der Waals surface area (Å²) in [4.78, 5) is 33.8. The minimum Gasteiger partial charge on any atom is -0.377 e. The molecule has 1 aliphatic heterocycles. The Kier molecular flexibility index (Phi) is 3.35. The third-order valence-corrected chi connectivity index (χ3v) is 1.74. The number of carbonyl (C=O) groups is 3. The Bertz CT molecular complexity index is 280. The number of rotatable bonds is 4. The van der Waals surface area contributed by atoms with Crippen molar-refractivity contribution in [1.82, 2.24) is 10.2 Å². The lowest BCUT2D eigenvalue weighted by atomic mass is 10.3. The number of amides is 3. The van der Waals surface area contributed by atoms with Gasteiger partial charge in [0.05, 0.1) is 0 Å². The molecular weight excluding hydrogens is 188 g/mol. The average Bonchev–Trinajstić information content (AvgIpc) is 2.44. The maximum Gasteiger partial charge on any atom is 0.253 e. The Morgan fingerprint density at radius 1 is 1.36 bits per heavy atom. The Labute approximate surface area is 80.2 Å². The van der Waals surface area contributed by atoms with Crippen LogP contribution in [0.15, 0.2) is 12.2 Å². The van der Waals surface area contributed by atoms with Gasteiger partial charge in [-0.25, -0.2) is 0 Å². The number of aliphatic hydroxyl groups is 1. The van der Waals surface area contributed by atoms with Gasteiger partial charge in [-0.3, -0.25) is 19.3 Å². The number of hydrogen-bond acceptors (Lipinski definition) is 4. The molecule has 0 atom stereocenters. The maximum atomic E-state index is 11.0. The van der Waals surface area contributed by atoms with Crippen LogP contribution in [0.25, 0.3) is 0 Å². The minimum atomic E-state index is -0.445. The van der Waals surface area contributed by atoms with Crippen LogP contribution in [0.4, 0.5) is 0 Å². The van der Waals surface area contributed by atoms with Crippen LogP contribution in [-0.4, -0.2) is 41.0 Å². The molecule has 0 aromatic heterocycles. The normalized spacial score (nSPS) is 15.1. The van der Waals surface area contributed by atoms with E-state index in [-0.39, 0.29) is 13.0 Å². The third-order valence-electron chi connectivity index (χ3n) is 1.74. The number of imide groups is 1. The molecule has 0 unspecified atom stereocenters. The van der Waals surface area contributed by atoms with Crippen molar-refractivity contribution < 1.29 is 19.5 Å². The van der Waals surface area contributed by atoms with Gasteiger partial charge in [0, 0.05) is 25.1 Å². The van der Waals surface area contributed by atoms with Crippen LogP contribution >= 0.6 is 0 Å².